The van der Waals surface area contributed by atoms with E-state index in [-0.39, 0.29) is 49.9 Å². The first-order valence-electron chi connectivity index (χ1n) is 11.9. The second-order valence-corrected chi connectivity index (χ2v) is 12.9. The van der Waals surface area contributed by atoms with E-state index >= 15 is 0 Å². The van der Waals surface area contributed by atoms with E-state index in [1.54, 1.807) is 0 Å². The van der Waals surface area contributed by atoms with Crippen molar-refractivity contribution in [3.8, 4) is 0 Å². The first-order valence-corrected chi connectivity index (χ1v) is 11.9. The molecule has 0 radical (unpaired) electrons. The predicted molar refractivity (Wildman–Crippen MR) is 128 cm³/mol. The lowest BCUT2D eigenvalue weighted by molar-refractivity contribution is -0.163. The highest BCUT2D eigenvalue weighted by molar-refractivity contribution is 5.86. The maximum Gasteiger partial charge on any atom is 0.252 e. The number of hydrogen-bond acceptors (Lipinski definition) is 7. The fourth-order valence-corrected chi connectivity index (χ4v) is 6.22. The van der Waals surface area contributed by atoms with Crippen molar-refractivity contribution >= 4 is 11.8 Å². The second-order valence-electron chi connectivity index (χ2n) is 12.9. The summed E-state index contributed by atoms with van der Waals surface area (Å²) in [6, 6.07) is 0. The van der Waals surface area contributed by atoms with E-state index in [2.05, 4.69) is 20.9 Å². The van der Waals surface area contributed by atoms with E-state index in [1.807, 2.05) is 62.4 Å². The Balaban J connectivity index is 1.92. The van der Waals surface area contributed by atoms with Gasteiger partial charge in [-0.2, -0.15) is 0 Å². The van der Waals surface area contributed by atoms with Gasteiger partial charge in [0.25, 0.3) is 11.8 Å². The van der Waals surface area contributed by atoms with Gasteiger partial charge in [-0.25, -0.2) is 0 Å². The quantitative estimate of drug-likeness (QED) is 0.328. The third kappa shape index (κ3) is 6.45. The number of aliphatic hydroxyl groups is 3. The van der Waals surface area contributed by atoms with Gasteiger partial charge in [0.15, 0.2) is 0 Å². The largest absolute Gasteiger partial charge is 0.389 e. The Hall–Kier alpha value is -1.26. The van der Waals surface area contributed by atoms with Gasteiger partial charge in [-0.3, -0.25) is 14.5 Å². The minimum atomic E-state index is -1.55. The van der Waals surface area contributed by atoms with Crippen molar-refractivity contribution in [2.24, 2.45) is 0 Å². The molecule has 9 heteroatoms. The van der Waals surface area contributed by atoms with Crippen molar-refractivity contribution in [1.29, 1.82) is 0 Å². The molecule has 2 fully saturated rings. The molecule has 0 saturated carbocycles. The normalized spacial score (nSPS) is 27.9. The molecule has 0 aromatic heterocycles. The number of carbonyl (C=O) groups is 2. The number of nitrogens with zero attached hydrogens (tertiary/aromatic N) is 1. The summed E-state index contributed by atoms with van der Waals surface area (Å²) in [7, 11) is 1.99. The summed E-state index contributed by atoms with van der Waals surface area (Å²) < 4.78 is 0. The summed E-state index contributed by atoms with van der Waals surface area (Å²) >= 11 is 0. The Labute approximate surface area is 198 Å². The first-order chi connectivity index (χ1) is 14.6. The smallest absolute Gasteiger partial charge is 0.252 e. The van der Waals surface area contributed by atoms with Crippen LogP contribution in [0.5, 0.6) is 0 Å². The van der Waals surface area contributed by atoms with Crippen LogP contribution in [0.25, 0.3) is 0 Å². The Bertz CT molecular complexity index is 728. The molecule has 0 aromatic carbocycles. The molecule has 0 bridgehead atoms. The lowest BCUT2D eigenvalue weighted by Gasteiger charge is -2.55. The molecule has 2 heterocycles. The molecule has 6 N–H and O–H groups in total. The van der Waals surface area contributed by atoms with Crippen LogP contribution in [0.3, 0.4) is 0 Å². The topological polar surface area (TPSA) is 134 Å². The molecule has 192 valence electrons. The maximum absolute atomic E-state index is 12.9. The van der Waals surface area contributed by atoms with Gasteiger partial charge in [0.1, 0.15) is 11.2 Å². The van der Waals surface area contributed by atoms with Crippen LogP contribution in [0, 0.1) is 0 Å². The highest BCUT2D eigenvalue weighted by atomic mass is 16.3. The van der Waals surface area contributed by atoms with E-state index in [0.29, 0.717) is 0 Å². The van der Waals surface area contributed by atoms with Gasteiger partial charge in [-0.15, -0.1) is 0 Å². The fourth-order valence-electron chi connectivity index (χ4n) is 6.22. The van der Waals surface area contributed by atoms with E-state index in [9.17, 15) is 24.9 Å². The molecule has 2 aliphatic rings. The van der Waals surface area contributed by atoms with Crippen molar-refractivity contribution in [3.63, 3.8) is 0 Å². The summed E-state index contributed by atoms with van der Waals surface area (Å²) in [5, 5.41) is 41.2. The number of amides is 2. The van der Waals surface area contributed by atoms with Gasteiger partial charge < -0.3 is 31.3 Å². The van der Waals surface area contributed by atoms with E-state index < -0.39 is 40.2 Å². The third-order valence-corrected chi connectivity index (χ3v) is 7.25. The highest BCUT2D eigenvalue weighted by Gasteiger charge is 2.54. The lowest BCUT2D eigenvalue weighted by Crippen LogP contribution is -2.68. The van der Waals surface area contributed by atoms with Crippen LogP contribution in [-0.4, -0.2) is 91.6 Å². The van der Waals surface area contributed by atoms with Crippen LogP contribution in [-0.2, 0) is 9.59 Å². The monoisotopic (exact) mass is 470 g/mol. The molecule has 1 atom stereocenters. The molecule has 2 saturated heterocycles. The van der Waals surface area contributed by atoms with Crippen LogP contribution in [0.15, 0.2) is 0 Å². The number of carbonyl (C=O) groups excluding carboxylic acids is 2. The molecule has 0 aliphatic carbocycles. The van der Waals surface area contributed by atoms with Gasteiger partial charge in [0.05, 0.1) is 6.10 Å². The minimum absolute atomic E-state index is 0.116. The Morgan fingerprint density at radius 3 is 1.48 bits per heavy atom. The Morgan fingerprint density at radius 1 is 0.788 bits per heavy atom. The average Bonchev–Trinajstić information content (AvgIpc) is 2.58. The standard InChI is InChI=1S/C24H46N4O5/c1-19(2)12-23(32,13-20(3,4)27-19)17(30)25-10-16(29)11-26-18(31)24(33)14-21(5,6)28(9)22(7,8)15-24/h16,27,29,32-33H,10-15H2,1-9H3,(H,25,30)(H,26,31). The summed E-state index contributed by atoms with van der Waals surface area (Å²) in [5.74, 6) is -1.06. The van der Waals surface area contributed by atoms with Gasteiger partial charge in [-0.05, 0) is 62.4 Å². The SMILES string of the molecule is CN1C(C)(C)CC(O)(C(=O)NCC(O)CNC(=O)C2(O)CC(C)(C)NC(C)(C)C2)CC1(C)C. The molecule has 1 unspecified atom stereocenters. The van der Waals surface area contributed by atoms with Gasteiger partial charge in [0, 0.05) is 60.9 Å². The highest BCUT2D eigenvalue weighted by Crippen LogP contribution is 2.42. The van der Waals surface area contributed by atoms with Crippen molar-refractivity contribution in [2.45, 2.75) is 121 Å². The molecule has 33 heavy (non-hydrogen) atoms. The van der Waals surface area contributed by atoms with E-state index in [0.717, 1.165) is 0 Å². The fraction of sp³-hybridized carbons (Fsp3) is 0.917. The number of hydrogen-bond donors (Lipinski definition) is 6. The molecule has 9 nitrogen and oxygen atoms in total. The van der Waals surface area contributed by atoms with Crippen molar-refractivity contribution < 1.29 is 24.9 Å². The zero-order chi connectivity index (χ0) is 25.7. The average molecular weight is 471 g/mol. The predicted octanol–water partition coefficient (Wildman–Crippen LogP) is 0.265. The Morgan fingerprint density at radius 2 is 1.12 bits per heavy atom. The van der Waals surface area contributed by atoms with Crippen LogP contribution >= 0.6 is 0 Å². The van der Waals surface area contributed by atoms with Gasteiger partial charge >= 0.3 is 0 Å². The minimum Gasteiger partial charge on any atom is -0.389 e. The van der Waals surface area contributed by atoms with Gasteiger partial charge in [0.2, 0.25) is 0 Å². The van der Waals surface area contributed by atoms with Gasteiger partial charge in [-0.1, -0.05) is 0 Å². The second kappa shape index (κ2) is 8.75. The van der Waals surface area contributed by atoms with Crippen molar-refractivity contribution in [2.75, 3.05) is 20.1 Å². The molecule has 0 spiro atoms. The van der Waals surface area contributed by atoms with Crippen LogP contribution in [0.2, 0.25) is 0 Å². The zero-order valence-corrected chi connectivity index (χ0v) is 21.9. The lowest BCUT2D eigenvalue weighted by atomic mass is 9.71. The van der Waals surface area contributed by atoms with E-state index in [1.165, 1.54) is 0 Å². The van der Waals surface area contributed by atoms with Crippen LogP contribution in [0.4, 0.5) is 0 Å². The number of likely N-dealkylation sites (tertiary alicyclic amines) is 1. The number of rotatable bonds is 6. The molecular formula is C24H46N4O5. The summed E-state index contributed by atoms with van der Waals surface area (Å²) in [6.07, 6.45) is -0.0269. The molecule has 2 rings (SSSR count). The van der Waals surface area contributed by atoms with Crippen molar-refractivity contribution in [3.05, 3.63) is 0 Å². The van der Waals surface area contributed by atoms with Crippen LogP contribution in [0.1, 0.15) is 81.1 Å². The number of nitrogens with one attached hydrogen (secondary N) is 3. The zero-order valence-electron chi connectivity index (χ0n) is 21.9. The van der Waals surface area contributed by atoms with Crippen molar-refractivity contribution in [1.82, 2.24) is 20.9 Å². The van der Waals surface area contributed by atoms with E-state index in [4.69, 9.17) is 0 Å². The summed E-state index contributed by atoms with van der Waals surface area (Å²) in [6.45, 7) is 15.5. The molecular weight excluding hydrogens is 424 g/mol. The molecule has 2 amide bonds. The third-order valence-electron chi connectivity index (χ3n) is 7.25. The Kier molecular flexibility index (Phi) is 7.42. The first kappa shape index (κ1) is 28.0. The number of piperidine rings is 2. The molecule has 0 aromatic rings. The maximum atomic E-state index is 12.9. The van der Waals surface area contributed by atoms with Crippen LogP contribution < -0.4 is 16.0 Å². The number of aliphatic hydroxyl groups excluding tert-OH is 1. The summed E-state index contributed by atoms with van der Waals surface area (Å²) in [4.78, 5) is 27.8. The molecule has 2 aliphatic heterocycles. The summed E-state index contributed by atoms with van der Waals surface area (Å²) in [5.41, 5.74) is -4.72.